The topological polar surface area (TPSA) is 38.1 Å². The van der Waals surface area contributed by atoms with Crippen LogP contribution in [-0.4, -0.2) is 18.6 Å². The molecular formula is C7H11ClN2O. The van der Waals surface area contributed by atoms with Gasteiger partial charge in [-0.15, -0.1) is 0 Å². The minimum atomic E-state index is 0.230. The largest absolute Gasteiger partial charge is 0.432 e. The van der Waals surface area contributed by atoms with Crippen molar-refractivity contribution in [2.75, 3.05) is 13.6 Å². The molecule has 0 aliphatic heterocycles. The van der Waals surface area contributed by atoms with E-state index in [0.29, 0.717) is 0 Å². The fraction of sp³-hybridized carbons (Fsp3) is 0.571. The van der Waals surface area contributed by atoms with Crippen molar-refractivity contribution < 1.29 is 4.42 Å². The average molecular weight is 175 g/mol. The van der Waals surface area contributed by atoms with Crippen LogP contribution in [0, 0.1) is 6.92 Å². The highest BCUT2D eigenvalue weighted by atomic mass is 35.5. The zero-order chi connectivity index (χ0) is 8.27. The summed E-state index contributed by atoms with van der Waals surface area (Å²) in [5, 5.41) is 3.25. The Balaban J connectivity index is 2.62. The van der Waals surface area contributed by atoms with Crippen LogP contribution >= 0.6 is 11.6 Å². The van der Waals surface area contributed by atoms with E-state index in [1.54, 1.807) is 0 Å². The molecule has 0 spiro atoms. The van der Waals surface area contributed by atoms with Crippen LogP contribution in [0.15, 0.2) is 4.42 Å². The van der Waals surface area contributed by atoms with Gasteiger partial charge in [0.15, 0.2) is 0 Å². The van der Waals surface area contributed by atoms with Gasteiger partial charge in [-0.1, -0.05) is 0 Å². The van der Waals surface area contributed by atoms with E-state index in [1.165, 1.54) is 0 Å². The summed E-state index contributed by atoms with van der Waals surface area (Å²) in [5.41, 5.74) is 0.880. The third-order valence-electron chi connectivity index (χ3n) is 1.47. The van der Waals surface area contributed by atoms with Crippen molar-refractivity contribution in [3.63, 3.8) is 0 Å². The van der Waals surface area contributed by atoms with Crippen LogP contribution in [0.1, 0.15) is 11.5 Å². The summed E-state index contributed by atoms with van der Waals surface area (Å²) < 4.78 is 5.13. The Morgan fingerprint density at radius 2 is 2.36 bits per heavy atom. The van der Waals surface area contributed by atoms with Crippen LogP contribution in [0.4, 0.5) is 0 Å². The third kappa shape index (κ3) is 2.20. The molecule has 0 amide bonds. The van der Waals surface area contributed by atoms with Crippen LogP contribution in [0.25, 0.3) is 0 Å². The summed E-state index contributed by atoms with van der Waals surface area (Å²) in [5.74, 6) is 0.865. The highest BCUT2D eigenvalue weighted by Gasteiger charge is 2.05. The Bertz CT molecular complexity index is 234. The van der Waals surface area contributed by atoms with Crippen LogP contribution < -0.4 is 5.32 Å². The van der Waals surface area contributed by atoms with Crippen molar-refractivity contribution in [2.45, 2.75) is 13.3 Å². The number of aryl methyl sites for hydroxylation is 1. The fourth-order valence-electron chi connectivity index (χ4n) is 0.863. The van der Waals surface area contributed by atoms with E-state index in [1.807, 2.05) is 14.0 Å². The molecule has 11 heavy (non-hydrogen) atoms. The molecule has 0 saturated heterocycles. The van der Waals surface area contributed by atoms with Crippen molar-refractivity contribution >= 4 is 11.6 Å². The molecule has 0 radical (unpaired) electrons. The average Bonchev–Trinajstić information content (AvgIpc) is 2.26. The second-order valence-corrected chi connectivity index (χ2v) is 2.65. The first-order valence-electron chi connectivity index (χ1n) is 3.50. The minimum absolute atomic E-state index is 0.230. The second-order valence-electron chi connectivity index (χ2n) is 2.33. The number of hydrogen-bond donors (Lipinski definition) is 1. The zero-order valence-electron chi connectivity index (χ0n) is 6.65. The van der Waals surface area contributed by atoms with E-state index in [2.05, 4.69) is 10.3 Å². The normalized spacial score (nSPS) is 10.5. The summed E-state index contributed by atoms with van der Waals surface area (Å²) in [6.45, 7) is 2.77. The maximum atomic E-state index is 5.55. The van der Waals surface area contributed by atoms with Crippen molar-refractivity contribution in [2.24, 2.45) is 0 Å². The first kappa shape index (κ1) is 8.56. The molecule has 1 aromatic heterocycles. The number of rotatable bonds is 3. The molecule has 0 saturated carbocycles. The molecular weight excluding hydrogens is 164 g/mol. The molecule has 0 aliphatic rings. The summed E-state index contributed by atoms with van der Waals surface area (Å²) in [4.78, 5) is 3.93. The standard InChI is InChI=1S/C7H11ClN2O/c1-5-6(3-4-9-2)11-7(8)10-5/h9H,3-4H2,1-2H3. The highest BCUT2D eigenvalue weighted by molar-refractivity contribution is 6.27. The Morgan fingerprint density at radius 3 is 2.82 bits per heavy atom. The molecule has 0 aliphatic carbocycles. The lowest BCUT2D eigenvalue weighted by Crippen LogP contribution is -2.10. The number of nitrogens with one attached hydrogen (secondary N) is 1. The maximum absolute atomic E-state index is 5.55. The van der Waals surface area contributed by atoms with Gasteiger partial charge in [0.1, 0.15) is 5.76 Å². The molecule has 1 rings (SSSR count). The van der Waals surface area contributed by atoms with Crippen molar-refractivity contribution in [3.05, 3.63) is 16.8 Å². The van der Waals surface area contributed by atoms with Gasteiger partial charge in [0, 0.05) is 13.0 Å². The second kappa shape index (κ2) is 3.74. The molecule has 0 aromatic carbocycles. The zero-order valence-corrected chi connectivity index (χ0v) is 7.40. The Morgan fingerprint density at radius 1 is 1.64 bits per heavy atom. The highest BCUT2D eigenvalue weighted by Crippen LogP contribution is 2.14. The summed E-state index contributed by atoms with van der Waals surface area (Å²) >= 11 is 5.55. The Kier molecular flexibility index (Phi) is 2.91. The van der Waals surface area contributed by atoms with Gasteiger partial charge in [-0.3, -0.25) is 0 Å². The Labute approximate surface area is 70.8 Å². The predicted molar refractivity (Wildman–Crippen MR) is 43.9 cm³/mol. The van der Waals surface area contributed by atoms with Gasteiger partial charge in [0.05, 0.1) is 5.69 Å². The van der Waals surface area contributed by atoms with Crippen molar-refractivity contribution in [1.82, 2.24) is 10.3 Å². The first-order chi connectivity index (χ1) is 5.24. The molecule has 1 heterocycles. The van der Waals surface area contributed by atoms with Gasteiger partial charge in [-0.25, -0.2) is 4.98 Å². The van der Waals surface area contributed by atoms with Crippen LogP contribution in [0.5, 0.6) is 0 Å². The molecule has 0 bridgehead atoms. The van der Waals surface area contributed by atoms with Crippen LogP contribution in [0.3, 0.4) is 0 Å². The first-order valence-corrected chi connectivity index (χ1v) is 3.88. The molecule has 4 heteroatoms. The van der Waals surface area contributed by atoms with Gasteiger partial charge in [0.2, 0.25) is 0 Å². The van der Waals surface area contributed by atoms with Gasteiger partial charge in [-0.2, -0.15) is 0 Å². The lowest BCUT2D eigenvalue weighted by Gasteiger charge is -1.94. The summed E-state index contributed by atoms with van der Waals surface area (Å²) in [6.07, 6.45) is 0.835. The van der Waals surface area contributed by atoms with E-state index in [4.69, 9.17) is 16.0 Å². The van der Waals surface area contributed by atoms with E-state index in [0.717, 1.165) is 24.4 Å². The number of oxazole rings is 1. The van der Waals surface area contributed by atoms with E-state index >= 15 is 0 Å². The molecule has 0 fully saturated rings. The van der Waals surface area contributed by atoms with Crippen molar-refractivity contribution in [3.8, 4) is 0 Å². The third-order valence-corrected chi connectivity index (χ3v) is 1.63. The monoisotopic (exact) mass is 174 g/mol. The van der Waals surface area contributed by atoms with E-state index in [-0.39, 0.29) is 5.35 Å². The quantitative estimate of drug-likeness (QED) is 0.753. The molecule has 0 atom stereocenters. The predicted octanol–water partition coefficient (Wildman–Crippen LogP) is 1.40. The summed E-state index contributed by atoms with van der Waals surface area (Å²) in [6, 6.07) is 0. The smallest absolute Gasteiger partial charge is 0.292 e. The number of halogens is 1. The number of hydrogen-bond acceptors (Lipinski definition) is 3. The summed E-state index contributed by atoms with van der Waals surface area (Å²) in [7, 11) is 1.90. The molecule has 62 valence electrons. The number of aromatic nitrogens is 1. The van der Waals surface area contributed by atoms with Gasteiger partial charge in [0.25, 0.3) is 5.35 Å². The SMILES string of the molecule is CNCCc1oc(Cl)nc1C. The van der Waals surface area contributed by atoms with E-state index in [9.17, 15) is 0 Å². The minimum Gasteiger partial charge on any atom is -0.432 e. The molecule has 1 N–H and O–H groups in total. The fourth-order valence-corrected chi connectivity index (χ4v) is 1.08. The molecule has 3 nitrogen and oxygen atoms in total. The van der Waals surface area contributed by atoms with Gasteiger partial charge < -0.3 is 9.73 Å². The Hall–Kier alpha value is -0.540. The van der Waals surface area contributed by atoms with Crippen LogP contribution in [0.2, 0.25) is 5.35 Å². The number of nitrogens with zero attached hydrogens (tertiary/aromatic N) is 1. The van der Waals surface area contributed by atoms with Crippen LogP contribution in [-0.2, 0) is 6.42 Å². The number of likely N-dealkylation sites (N-methyl/N-ethyl adjacent to an activating group) is 1. The van der Waals surface area contributed by atoms with E-state index < -0.39 is 0 Å². The van der Waals surface area contributed by atoms with Crippen molar-refractivity contribution in [1.29, 1.82) is 0 Å². The lowest BCUT2D eigenvalue weighted by atomic mass is 10.3. The lowest BCUT2D eigenvalue weighted by molar-refractivity contribution is 0.499. The molecule has 1 aromatic rings. The maximum Gasteiger partial charge on any atom is 0.292 e. The van der Waals surface area contributed by atoms with Gasteiger partial charge in [-0.05, 0) is 25.6 Å². The molecule has 0 unspecified atom stereocenters. The van der Waals surface area contributed by atoms with Gasteiger partial charge >= 0.3 is 0 Å².